The van der Waals surface area contributed by atoms with Gasteiger partial charge in [0.05, 0.1) is 56.1 Å². The molecule has 0 bridgehead atoms. The van der Waals surface area contributed by atoms with Crippen molar-refractivity contribution in [2.24, 2.45) is 0 Å². The molecule has 4 aliphatic heterocycles. The maximum Gasteiger partial charge on any atom is 0.410 e. The minimum Gasteiger partial charge on any atom is -0.463 e. The third-order valence-corrected chi connectivity index (χ3v) is 10.5. The number of amides is 1. The number of nitriles is 1. The van der Waals surface area contributed by atoms with Crippen molar-refractivity contribution < 1.29 is 23.7 Å². The molecule has 12 nitrogen and oxygen atoms in total. The van der Waals surface area contributed by atoms with Gasteiger partial charge in [0.1, 0.15) is 22.9 Å². The number of fused-ring (bicyclic) bond motifs is 3. The number of likely N-dealkylation sites (tertiary alicyclic amines) is 1. The van der Waals surface area contributed by atoms with E-state index in [1.807, 2.05) is 51.1 Å². The summed E-state index contributed by atoms with van der Waals surface area (Å²) >= 11 is 0. The highest BCUT2D eigenvalue weighted by molar-refractivity contribution is 5.96. The van der Waals surface area contributed by atoms with Gasteiger partial charge in [-0.3, -0.25) is 4.90 Å². The summed E-state index contributed by atoms with van der Waals surface area (Å²) in [4.78, 5) is 32.0. The SMILES string of the molecule is CC(C)(C)OC(=O)N1CCN(c2nc(OCCCN3C[C@H]4OCC43)nc3c2CCN(c2cc(Oc4ccccc4)cc4ccccc24)C3)CC1CC#N. The van der Waals surface area contributed by atoms with E-state index in [1.54, 1.807) is 4.90 Å². The molecule has 12 heteroatoms. The first kappa shape index (κ1) is 34.9. The number of piperazine rings is 1. The largest absolute Gasteiger partial charge is 0.463 e. The number of hydrogen-bond donors (Lipinski definition) is 0. The van der Waals surface area contributed by atoms with Gasteiger partial charge in [-0.05, 0) is 57.2 Å². The van der Waals surface area contributed by atoms with Gasteiger partial charge in [0.15, 0.2) is 0 Å². The number of para-hydroxylation sites is 1. The summed E-state index contributed by atoms with van der Waals surface area (Å²) in [6.45, 7) is 11.6. The van der Waals surface area contributed by atoms with Crippen LogP contribution in [0.5, 0.6) is 17.5 Å². The van der Waals surface area contributed by atoms with E-state index >= 15 is 0 Å². The van der Waals surface area contributed by atoms with Crippen LogP contribution in [0.1, 0.15) is 44.9 Å². The molecule has 1 amide bonds. The summed E-state index contributed by atoms with van der Waals surface area (Å²) in [5, 5.41) is 12.0. The lowest BCUT2D eigenvalue weighted by Gasteiger charge is -2.55. The molecule has 0 aliphatic carbocycles. The lowest BCUT2D eigenvalue weighted by Crippen LogP contribution is -2.70. The molecule has 0 N–H and O–H groups in total. The molecule has 0 radical (unpaired) electrons. The fourth-order valence-corrected chi connectivity index (χ4v) is 7.77. The zero-order valence-electron chi connectivity index (χ0n) is 30.7. The second-order valence-electron chi connectivity index (χ2n) is 15.3. The third kappa shape index (κ3) is 7.54. The Balaban J connectivity index is 1.07. The minimum absolute atomic E-state index is 0.192. The Kier molecular flexibility index (Phi) is 9.70. The average Bonchev–Trinajstić information content (AvgIpc) is 3.14. The zero-order valence-corrected chi connectivity index (χ0v) is 30.7. The average molecular weight is 718 g/mol. The molecular weight excluding hydrogens is 670 g/mol. The highest BCUT2D eigenvalue weighted by Crippen LogP contribution is 2.38. The zero-order chi connectivity index (χ0) is 36.5. The first-order valence-corrected chi connectivity index (χ1v) is 18.7. The van der Waals surface area contributed by atoms with E-state index in [2.05, 4.69) is 57.2 Å². The fraction of sp³-hybridized carbons (Fsp3) is 0.463. The number of aromatic nitrogens is 2. The molecule has 1 aromatic heterocycles. The molecule has 0 saturated carbocycles. The Morgan fingerprint density at radius 2 is 1.81 bits per heavy atom. The van der Waals surface area contributed by atoms with Gasteiger partial charge < -0.3 is 33.6 Å². The highest BCUT2D eigenvalue weighted by Gasteiger charge is 2.46. The molecule has 2 unspecified atom stereocenters. The van der Waals surface area contributed by atoms with Gasteiger partial charge in [-0.1, -0.05) is 42.5 Å². The molecule has 8 rings (SSSR count). The molecule has 3 saturated heterocycles. The smallest absolute Gasteiger partial charge is 0.410 e. The first-order valence-electron chi connectivity index (χ1n) is 18.7. The van der Waals surface area contributed by atoms with Crippen LogP contribution < -0.4 is 19.3 Å². The lowest BCUT2D eigenvalue weighted by atomic mass is 9.95. The molecule has 4 aromatic rings. The predicted molar refractivity (Wildman–Crippen MR) is 202 cm³/mol. The number of morpholine rings is 1. The van der Waals surface area contributed by atoms with E-state index in [4.69, 9.17) is 28.9 Å². The predicted octanol–water partition coefficient (Wildman–Crippen LogP) is 6.18. The topological polar surface area (TPSA) is 117 Å². The number of nitrogens with zero attached hydrogens (tertiary/aromatic N) is 7. The van der Waals surface area contributed by atoms with Gasteiger partial charge in [0.25, 0.3) is 0 Å². The van der Waals surface area contributed by atoms with Crippen molar-refractivity contribution in [2.45, 2.75) is 70.4 Å². The van der Waals surface area contributed by atoms with Crippen LogP contribution in [-0.4, -0.2) is 102 Å². The second-order valence-corrected chi connectivity index (χ2v) is 15.3. The van der Waals surface area contributed by atoms with Gasteiger partial charge in [0.2, 0.25) is 0 Å². The van der Waals surface area contributed by atoms with Gasteiger partial charge in [0, 0.05) is 62.0 Å². The van der Waals surface area contributed by atoms with Gasteiger partial charge in [-0.15, -0.1) is 0 Å². The first-order chi connectivity index (χ1) is 25.7. The van der Waals surface area contributed by atoms with E-state index in [0.29, 0.717) is 50.9 Å². The van der Waals surface area contributed by atoms with E-state index in [1.165, 1.54) is 0 Å². The van der Waals surface area contributed by atoms with E-state index in [0.717, 1.165) is 84.1 Å². The summed E-state index contributed by atoms with van der Waals surface area (Å²) in [7, 11) is 0. The third-order valence-electron chi connectivity index (χ3n) is 10.5. The van der Waals surface area contributed by atoms with Crippen molar-refractivity contribution in [1.82, 2.24) is 19.8 Å². The van der Waals surface area contributed by atoms with Crippen LogP contribution in [0.25, 0.3) is 10.8 Å². The summed E-state index contributed by atoms with van der Waals surface area (Å²) in [6.07, 6.45) is 1.79. The van der Waals surface area contributed by atoms with E-state index in [-0.39, 0.29) is 12.5 Å². The quantitative estimate of drug-likeness (QED) is 0.175. The van der Waals surface area contributed by atoms with E-state index in [9.17, 15) is 10.1 Å². The standard InChI is InChI=1S/C41H47N7O5/c1-41(2,3)53-40(49)48-20-19-47(24-29(48)14-16-42)38-33-15-18-46(25-34(33)43-39(44-38)50-21-9-17-45-26-37-36(45)27-51-37)35-23-31(52-30-11-5-4-6-12-30)22-28-10-7-8-13-32(28)35/h4-8,10-13,22-23,29,36-37H,9,14-15,17-21,24-27H2,1-3H3/t29?,36?,37-/m1/s1. The summed E-state index contributed by atoms with van der Waals surface area (Å²) in [5.74, 6) is 2.38. The molecule has 276 valence electrons. The van der Waals surface area contributed by atoms with E-state index < -0.39 is 11.7 Å². The Labute approximate surface area is 310 Å². The molecule has 3 aromatic carbocycles. The molecule has 3 atom stereocenters. The number of hydrogen-bond acceptors (Lipinski definition) is 11. The van der Waals surface area contributed by atoms with Crippen molar-refractivity contribution in [3.63, 3.8) is 0 Å². The number of ether oxygens (including phenoxy) is 4. The Morgan fingerprint density at radius 1 is 0.981 bits per heavy atom. The fourth-order valence-electron chi connectivity index (χ4n) is 7.77. The van der Waals surface area contributed by atoms with Crippen molar-refractivity contribution in [2.75, 3.05) is 62.3 Å². The maximum atomic E-state index is 13.2. The van der Waals surface area contributed by atoms with Crippen molar-refractivity contribution in [3.05, 3.63) is 78.0 Å². The van der Waals surface area contributed by atoms with Crippen molar-refractivity contribution in [1.29, 1.82) is 5.26 Å². The number of rotatable bonds is 10. The van der Waals surface area contributed by atoms with Crippen LogP contribution >= 0.6 is 0 Å². The maximum absolute atomic E-state index is 13.2. The molecule has 3 fully saturated rings. The molecule has 5 heterocycles. The molecule has 0 spiro atoms. The Morgan fingerprint density at radius 3 is 2.57 bits per heavy atom. The second kappa shape index (κ2) is 14.7. The normalized spacial score (nSPS) is 21.2. The van der Waals surface area contributed by atoms with Crippen LogP contribution in [0.4, 0.5) is 16.3 Å². The lowest BCUT2D eigenvalue weighted by molar-refractivity contribution is -0.214. The Bertz CT molecular complexity index is 2000. The summed E-state index contributed by atoms with van der Waals surface area (Å²) in [5.41, 5.74) is 2.44. The van der Waals surface area contributed by atoms with Gasteiger partial charge >= 0.3 is 12.1 Å². The molecule has 4 aliphatic rings. The monoisotopic (exact) mass is 717 g/mol. The van der Waals surface area contributed by atoms with Gasteiger partial charge in [-0.2, -0.15) is 15.2 Å². The van der Waals surface area contributed by atoms with Crippen molar-refractivity contribution in [3.8, 4) is 23.6 Å². The minimum atomic E-state index is -0.628. The Hall–Kier alpha value is -5.12. The van der Waals surface area contributed by atoms with Crippen LogP contribution in [-0.2, 0) is 22.4 Å². The number of benzene rings is 3. The van der Waals surface area contributed by atoms with Crippen LogP contribution in [0.15, 0.2) is 66.7 Å². The van der Waals surface area contributed by atoms with Crippen molar-refractivity contribution >= 4 is 28.4 Å². The number of carbonyl (C=O) groups excluding carboxylic acids is 1. The summed E-state index contributed by atoms with van der Waals surface area (Å²) < 4.78 is 23.9. The molecule has 53 heavy (non-hydrogen) atoms. The van der Waals surface area contributed by atoms with Crippen LogP contribution in [0.3, 0.4) is 0 Å². The number of anilines is 2. The van der Waals surface area contributed by atoms with Crippen LogP contribution in [0, 0.1) is 11.3 Å². The van der Waals surface area contributed by atoms with Gasteiger partial charge in [-0.25, -0.2) is 4.79 Å². The highest BCUT2D eigenvalue weighted by atomic mass is 16.6. The molecular formula is C41H47N7O5. The summed E-state index contributed by atoms with van der Waals surface area (Å²) in [6, 6.07) is 25.3. The number of carbonyl (C=O) groups is 1. The van der Waals surface area contributed by atoms with Crippen LogP contribution in [0.2, 0.25) is 0 Å².